The Morgan fingerprint density at radius 2 is 2.33 bits per heavy atom. The Morgan fingerprint density at radius 1 is 1.78 bits per heavy atom. The SMILES string of the molecule is C=CN(C)/C=C(\F)C=O. The molecule has 0 aliphatic heterocycles. The number of rotatable bonds is 3. The van der Waals surface area contributed by atoms with Crippen LogP contribution in [0, 0.1) is 0 Å². The summed E-state index contributed by atoms with van der Waals surface area (Å²) in [6.45, 7) is 3.35. The van der Waals surface area contributed by atoms with Crippen molar-refractivity contribution in [3.05, 3.63) is 24.8 Å². The van der Waals surface area contributed by atoms with Crippen molar-refractivity contribution in [1.82, 2.24) is 4.90 Å². The molecule has 0 radical (unpaired) electrons. The smallest absolute Gasteiger partial charge is 0.179 e. The van der Waals surface area contributed by atoms with Crippen LogP contribution in [0.3, 0.4) is 0 Å². The molecule has 0 aliphatic carbocycles. The average Bonchev–Trinajstić information content (AvgIpc) is 1.87. The minimum Gasteiger partial charge on any atom is -0.355 e. The lowest BCUT2D eigenvalue weighted by Crippen LogP contribution is -1.99. The van der Waals surface area contributed by atoms with Gasteiger partial charge in [0.2, 0.25) is 0 Å². The Bertz CT molecular complexity index is 142. The molecule has 0 amide bonds. The van der Waals surface area contributed by atoms with E-state index in [1.807, 2.05) is 0 Å². The fourth-order valence-corrected chi connectivity index (χ4v) is 0.278. The van der Waals surface area contributed by atoms with Gasteiger partial charge in [-0.15, -0.1) is 0 Å². The van der Waals surface area contributed by atoms with Crippen LogP contribution >= 0.6 is 0 Å². The Balaban J connectivity index is 3.92. The summed E-state index contributed by atoms with van der Waals surface area (Å²) in [4.78, 5) is 11.0. The summed E-state index contributed by atoms with van der Waals surface area (Å²) in [5.41, 5.74) is 0. The molecule has 0 aromatic rings. The highest BCUT2D eigenvalue weighted by molar-refractivity contribution is 5.69. The second-order valence-electron chi connectivity index (χ2n) is 1.48. The minimum absolute atomic E-state index is 0.139. The van der Waals surface area contributed by atoms with E-state index >= 15 is 0 Å². The van der Waals surface area contributed by atoms with Crippen molar-refractivity contribution >= 4 is 6.29 Å². The lowest BCUT2D eigenvalue weighted by molar-refractivity contribution is -0.106. The van der Waals surface area contributed by atoms with Crippen LogP contribution in [0.15, 0.2) is 24.8 Å². The highest BCUT2D eigenvalue weighted by Gasteiger charge is 1.89. The van der Waals surface area contributed by atoms with Crippen molar-refractivity contribution in [3.8, 4) is 0 Å². The van der Waals surface area contributed by atoms with E-state index in [1.54, 1.807) is 7.05 Å². The largest absolute Gasteiger partial charge is 0.355 e. The summed E-state index contributed by atoms with van der Waals surface area (Å²) in [5, 5.41) is 0. The molecule has 0 aromatic heterocycles. The van der Waals surface area contributed by atoms with Gasteiger partial charge in [-0.3, -0.25) is 4.79 Å². The van der Waals surface area contributed by atoms with E-state index in [-0.39, 0.29) is 6.29 Å². The van der Waals surface area contributed by atoms with E-state index in [1.165, 1.54) is 11.1 Å². The van der Waals surface area contributed by atoms with Crippen LogP contribution in [0.4, 0.5) is 4.39 Å². The molecule has 9 heavy (non-hydrogen) atoms. The molecular formula is C6H8FNO. The standard InChI is InChI=1S/C6H8FNO/c1-3-8(2)4-6(7)5-9/h3-5H,1H2,2H3/b6-4-. The Kier molecular flexibility index (Phi) is 3.35. The third-order valence-corrected chi connectivity index (χ3v) is 0.728. The molecule has 0 aliphatic rings. The lowest BCUT2D eigenvalue weighted by atomic mass is 10.6. The highest BCUT2D eigenvalue weighted by Crippen LogP contribution is 1.92. The van der Waals surface area contributed by atoms with E-state index in [0.29, 0.717) is 0 Å². The van der Waals surface area contributed by atoms with Crippen LogP contribution in [0.2, 0.25) is 0 Å². The molecule has 0 atom stereocenters. The maximum Gasteiger partial charge on any atom is 0.179 e. The Hall–Kier alpha value is -1.12. The fraction of sp³-hybridized carbons (Fsp3) is 0.167. The molecular weight excluding hydrogens is 121 g/mol. The third-order valence-electron chi connectivity index (χ3n) is 0.728. The van der Waals surface area contributed by atoms with Crippen molar-refractivity contribution in [2.45, 2.75) is 0 Å². The predicted molar refractivity (Wildman–Crippen MR) is 33.2 cm³/mol. The molecule has 2 nitrogen and oxygen atoms in total. The number of carbonyl (C=O) groups excluding carboxylic acids is 1. The molecule has 0 rings (SSSR count). The summed E-state index contributed by atoms with van der Waals surface area (Å²) in [7, 11) is 1.58. The van der Waals surface area contributed by atoms with Gasteiger partial charge in [0.05, 0.1) is 0 Å². The Labute approximate surface area is 53.3 Å². The van der Waals surface area contributed by atoms with Gasteiger partial charge in [0.1, 0.15) is 0 Å². The van der Waals surface area contributed by atoms with Crippen LogP contribution < -0.4 is 0 Å². The van der Waals surface area contributed by atoms with Crippen LogP contribution in [0.25, 0.3) is 0 Å². The molecule has 0 unspecified atom stereocenters. The van der Waals surface area contributed by atoms with Gasteiger partial charge in [-0.05, 0) is 6.20 Å². The van der Waals surface area contributed by atoms with E-state index in [2.05, 4.69) is 6.58 Å². The number of halogens is 1. The average molecular weight is 129 g/mol. The summed E-state index contributed by atoms with van der Waals surface area (Å²) in [6, 6.07) is 0. The number of hydrogen-bond acceptors (Lipinski definition) is 2. The summed E-state index contributed by atoms with van der Waals surface area (Å²) in [6.07, 6.45) is 2.57. The van der Waals surface area contributed by atoms with Crippen molar-refractivity contribution in [3.63, 3.8) is 0 Å². The van der Waals surface area contributed by atoms with Crippen LogP contribution in [-0.2, 0) is 4.79 Å². The highest BCUT2D eigenvalue weighted by atomic mass is 19.1. The number of nitrogens with zero attached hydrogens (tertiary/aromatic N) is 1. The van der Waals surface area contributed by atoms with E-state index in [9.17, 15) is 9.18 Å². The molecule has 0 fully saturated rings. The first-order chi connectivity index (χ1) is 4.20. The van der Waals surface area contributed by atoms with E-state index < -0.39 is 5.83 Å². The molecule has 3 heteroatoms. The van der Waals surface area contributed by atoms with Gasteiger partial charge in [-0.1, -0.05) is 6.58 Å². The minimum atomic E-state index is -0.808. The monoisotopic (exact) mass is 129 g/mol. The van der Waals surface area contributed by atoms with Gasteiger partial charge < -0.3 is 4.90 Å². The van der Waals surface area contributed by atoms with Crippen LogP contribution in [-0.4, -0.2) is 18.2 Å². The molecule has 0 bridgehead atoms. The first-order valence-electron chi connectivity index (χ1n) is 2.37. The first kappa shape index (κ1) is 7.88. The number of aldehydes is 1. The van der Waals surface area contributed by atoms with Crippen LogP contribution in [0.1, 0.15) is 0 Å². The van der Waals surface area contributed by atoms with Gasteiger partial charge in [-0.25, -0.2) is 4.39 Å². The second-order valence-corrected chi connectivity index (χ2v) is 1.48. The first-order valence-corrected chi connectivity index (χ1v) is 2.37. The quantitative estimate of drug-likeness (QED) is 0.419. The molecule has 0 heterocycles. The zero-order chi connectivity index (χ0) is 7.28. The molecule has 0 saturated heterocycles. The molecule has 0 saturated carbocycles. The Morgan fingerprint density at radius 3 is 2.67 bits per heavy atom. The predicted octanol–water partition coefficient (Wildman–Crippen LogP) is 1.07. The number of carbonyl (C=O) groups is 1. The van der Waals surface area contributed by atoms with Gasteiger partial charge in [-0.2, -0.15) is 0 Å². The number of hydrogen-bond donors (Lipinski definition) is 0. The number of allylic oxidation sites excluding steroid dienone is 1. The maximum absolute atomic E-state index is 12.0. The summed E-state index contributed by atoms with van der Waals surface area (Å²) < 4.78 is 12.0. The zero-order valence-electron chi connectivity index (χ0n) is 5.17. The van der Waals surface area contributed by atoms with Crippen molar-refractivity contribution in [2.75, 3.05) is 7.05 Å². The van der Waals surface area contributed by atoms with Gasteiger partial charge in [0, 0.05) is 13.2 Å². The second kappa shape index (κ2) is 3.83. The molecule has 0 spiro atoms. The van der Waals surface area contributed by atoms with Crippen molar-refractivity contribution in [2.24, 2.45) is 0 Å². The maximum atomic E-state index is 12.0. The van der Waals surface area contributed by atoms with Gasteiger partial charge >= 0.3 is 0 Å². The van der Waals surface area contributed by atoms with E-state index in [4.69, 9.17) is 0 Å². The lowest BCUT2D eigenvalue weighted by Gasteiger charge is -2.03. The van der Waals surface area contributed by atoms with Crippen molar-refractivity contribution in [1.29, 1.82) is 0 Å². The van der Waals surface area contributed by atoms with Gasteiger partial charge in [0.15, 0.2) is 12.1 Å². The molecule has 0 N–H and O–H groups in total. The van der Waals surface area contributed by atoms with Crippen molar-refractivity contribution < 1.29 is 9.18 Å². The third kappa shape index (κ3) is 3.46. The zero-order valence-corrected chi connectivity index (χ0v) is 5.17. The van der Waals surface area contributed by atoms with Gasteiger partial charge in [0.25, 0.3) is 0 Å². The summed E-state index contributed by atoms with van der Waals surface area (Å²) in [5.74, 6) is -0.808. The molecule has 0 aromatic carbocycles. The fourth-order valence-electron chi connectivity index (χ4n) is 0.278. The topological polar surface area (TPSA) is 20.3 Å². The summed E-state index contributed by atoms with van der Waals surface area (Å²) >= 11 is 0. The molecule has 50 valence electrons. The normalized spacial score (nSPS) is 10.7. The van der Waals surface area contributed by atoms with Crippen LogP contribution in [0.5, 0.6) is 0 Å². The van der Waals surface area contributed by atoms with E-state index in [0.717, 1.165) is 6.20 Å².